The molecule has 0 radical (unpaired) electrons. The number of nitrogens with zero attached hydrogens (tertiary/aromatic N) is 3. The molecule has 0 atom stereocenters. The van der Waals surface area contributed by atoms with Crippen LogP contribution in [-0.2, 0) is 4.79 Å². The Balaban J connectivity index is 1.18. The fourth-order valence-corrected chi connectivity index (χ4v) is 5.91. The highest BCUT2D eigenvalue weighted by molar-refractivity contribution is 7.99. The van der Waals surface area contributed by atoms with Crippen molar-refractivity contribution in [2.75, 3.05) is 11.1 Å². The number of benzene rings is 2. The first kappa shape index (κ1) is 23.7. The summed E-state index contributed by atoms with van der Waals surface area (Å²) in [6.45, 7) is 1.94. The predicted octanol–water partition coefficient (Wildman–Crippen LogP) is 7.35. The molecule has 1 fully saturated rings. The molecule has 1 aliphatic carbocycles. The second-order valence-electron chi connectivity index (χ2n) is 8.87. The zero-order valence-corrected chi connectivity index (χ0v) is 21.4. The lowest BCUT2D eigenvalue weighted by Gasteiger charge is -2.22. The first-order valence-corrected chi connectivity index (χ1v) is 13.9. The number of amides is 1. The molecule has 1 N–H and O–H groups in total. The summed E-state index contributed by atoms with van der Waals surface area (Å²) in [6.07, 6.45) is 6.64. The van der Waals surface area contributed by atoms with E-state index in [-0.39, 0.29) is 11.7 Å². The van der Waals surface area contributed by atoms with E-state index >= 15 is 0 Å². The molecule has 0 aliphatic heterocycles. The van der Waals surface area contributed by atoms with Gasteiger partial charge < -0.3 is 5.32 Å². The number of carbonyl (C=O) groups is 1. The van der Waals surface area contributed by atoms with Gasteiger partial charge in [0.25, 0.3) is 0 Å². The number of nitrogens with one attached hydrogen (secondary N) is 1. The Hall–Kier alpha value is -3.03. The highest BCUT2D eigenvalue weighted by Crippen LogP contribution is 2.34. The van der Waals surface area contributed by atoms with Crippen molar-refractivity contribution in [3.63, 3.8) is 0 Å². The lowest BCUT2D eigenvalue weighted by atomic mass is 9.84. The maximum Gasteiger partial charge on any atom is 0.236 e. The van der Waals surface area contributed by atoms with Gasteiger partial charge in [0.1, 0.15) is 0 Å². The number of anilines is 1. The second-order valence-corrected chi connectivity index (χ2v) is 10.7. The van der Waals surface area contributed by atoms with Crippen LogP contribution in [-0.4, -0.2) is 26.6 Å². The third-order valence-corrected chi connectivity index (χ3v) is 7.87. The Bertz CT molecular complexity index is 1280. The zero-order chi connectivity index (χ0) is 24.0. The number of hydrogen-bond acceptors (Lipinski definition) is 6. The maximum atomic E-state index is 12.6. The zero-order valence-electron chi connectivity index (χ0n) is 19.7. The SMILES string of the molecule is Cc1cc(-c2ccccc2)nc(SCC(=O)Nc2nc(-c3ccc(C4CCCCC4)cc3)cs2)n1. The molecule has 0 saturated heterocycles. The van der Waals surface area contributed by atoms with Crippen LogP contribution in [0.15, 0.2) is 71.2 Å². The first-order valence-electron chi connectivity index (χ1n) is 12.0. The van der Waals surface area contributed by atoms with Gasteiger partial charge >= 0.3 is 0 Å². The molecule has 7 heteroatoms. The normalized spacial score (nSPS) is 14.1. The third kappa shape index (κ3) is 6.16. The van der Waals surface area contributed by atoms with Crippen molar-refractivity contribution in [1.29, 1.82) is 0 Å². The summed E-state index contributed by atoms with van der Waals surface area (Å²) < 4.78 is 0. The maximum absolute atomic E-state index is 12.6. The van der Waals surface area contributed by atoms with Gasteiger partial charge in [-0.2, -0.15) is 0 Å². The largest absolute Gasteiger partial charge is 0.301 e. The van der Waals surface area contributed by atoms with E-state index in [9.17, 15) is 4.79 Å². The highest BCUT2D eigenvalue weighted by atomic mass is 32.2. The highest BCUT2D eigenvalue weighted by Gasteiger charge is 2.16. The van der Waals surface area contributed by atoms with Gasteiger partial charge in [-0.05, 0) is 37.3 Å². The molecular formula is C28H28N4OS2. The van der Waals surface area contributed by atoms with E-state index in [1.165, 1.54) is 60.8 Å². The summed E-state index contributed by atoms with van der Waals surface area (Å²) in [4.78, 5) is 26.3. The molecule has 0 bridgehead atoms. The molecule has 5 rings (SSSR count). The Labute approximate surface area is 214 Å². The minimum absolute atomic E-state index is 0.116. The van der Waals surface area contributed by atoms with Crippen molar-refractivity contribution in [2.24, 2.45) is 0 Å². The quantitative estimate of drug-likeness (QED) is 0.212. The molecule has 2 heterocycles. The number of thioether (sulfide) groups is 1. The Morgan fingerprint density at radius 2 is 1.69 bits per heavy atom. The Morgan fingerprint density at radius 1 is 0.943 bits per heavy atom. The van der Waals surface area contributed by atoms with E-state index in [0.717, 1.165) is 28.2 Å². The number of carbonyl (C=O) groups excluding carboxylic acids is 1. The summed E-state index contributed by atoms with van der Waals surface area (Å²) in [5, 5.41) is 6.12. The van der Waals surface area contributed by atoms with E-state index in [4.69, 9.17) is 0 Å². The number of aryl methyl sites for hydroxylation is 1. The van der Waals surface area contributed by atoms with Gasteiger partial charge in [0.2, 0.25) is 5.91 Å². The minimum Gasteiger partial charge on any atom is -0.301 e. The number of thiazole rings is 1. The lowest BCUT2D eigenvalue weighted by molar-refractivity contribution is -0.113. The van der Waals surface area contributed by atoms with Gasteiger partial charge in [0.05, 0.1) is 17.1 Å². The van der Waals surface area contributed by atoms with Gasteiger partial charge in [-0.3, -0.25) is 4.79 Å². The number of aromatic nitrogens is 3. The van der Waals surface area contributed by atoms with E-state index in [1.54, 1.807) is 0 Å². The van der Waals surface area contributed by atoms with Crippen molar-refractivity contribution >= 4 is 34.1 Å². The molecule has 1 saturated carbocycles. The average molecular weight is 501 g/mol. The number of rotatable bonds is 7. The van der Waals surface area contributed by atoms with Gasteiger partial charge in [-0.25, -0.2) is 15.0 Å². The van der Waals surface area contributed by atoms with Crippen LogP contribution < -0.4 is 5.32 Å². The van der Waals surface area contributed by atoms with Crippen molar-refractivity contribution in [3.8, 4) is 22.5 Å². The summed E-state index contributed by atoms with van der Waals surface area (Å²) >= 11 is 2.78. The molecule has 178 valence electrons. The smallest absolute Gasteiger partial charge is 0.236 e. The van der Waals surface area contributed by atoms with Crippen molar-refractivity contribution in [2.45, 2.75) is 50.1 Å². The molecule has 2 aromatic heterocycles. The van der Waals surface area contributed by atoms with Crippen LogP contribution in [0.2, 0.25) is 0 Å². The Morgan fingerprint density at radius 3 is 2.46 bits per heavy atom. The summed E-state index contributed by atoms with van der Waals surface area (Å²) in [7, 11) is 0. The van der Waals surface area contributed by atoms with Crippen LogP contribution in [0.5, 0.6) is 0 Å². The fourth-order valence-electron chi connectivity index (χ4n) is 4.47. The van der Waals surface area contributed by atoms with Gasteiger partial charge in [-0.15, -0.1) is 11.3 Å². The van der Waals surface area contributed by atoms with Crippen LogP contribution in [0, 0.1) is 6.92 Å². The summed E-state index contributed by atoms with van der Waals surface area (Å²) in [6, 6.07) is 20.7. The topological polar surface area (TPSA) is 67.8 Å². The van der Waals surface area contributed by atoms with E-state index in [2.05, 4.69) is 44.5 Å². The first-order chi connectivity index (χ1) is 17.1. The predicted molar refractivity (Wildman–Crippen MR) is 145 cm³/mol. The third-order valence-electron chi connectivity index (χ3n) is 6.27. The van der Waals surface area contributed by atoms with E-state index in [0.29, 0.717) is 16.2 Å². The summed E-state index contributed by atoms with van der Waals surface area (Å²) in [5.41, 5.74) is 6.18. The molecule has 0 unspecified atom stereocenters. The van der Waals surface area contributed by atoms with E-state index < -0.39 is 0 Å². The summed E-state index contributed by atoms with van der Waals surface area (Å²) in [5.74, 6) is 0.805. The monoisotopic (exact) mass is 500 g/mol. The van der Waals surface area contributed by atoms with Crippen LogP contribution in [0.25, 0.3) is 22.5 Å². The number of hydrogen-bond donors (Lipinski definition) is 1. The molecule has 35 heavy (non-hydrogen) atoms. The van der Waals surface area contributed by atoms with Crippen LogP contribution in [0.4, 0.5) is 5.13 Å². The molecule has 5 nitrogen and oxygen atoms in total. The molecule has 2 aromatic carbocycles. The Kier molecular flexibility index (Phi) is 7.54. The van der Waals surface area contributed by atoms with Crippen molar-refractivity contribution < 1.29 is 4.79 Å². The van der Waals surface area contributed by atoms with Crippen LogP contribution in [0.3, 0.4) is 0 Å². The molecule has 0 spiro atoms. The average Bonchev–Trinajstić information content (AvgIpc) is 3.37. The van der Waals surface area contributed by atoms with Gasteiger partial charge in [0, 0.05) is 22.2 Å². The lowest BCUT2D eigenvalue weighted by Crippen LogP contribution is -2.14. The molecule has 1 amide bonds. The minimum atomic E-state index is -0.116. The van der Waals surface area contributed by atoms with Crippen LogP contribution in [0.1, 0.15) is 49.3 Å². The van der Waals surface area contributed by atoms with Crippen molar-refractivity contribution in [3.05, 3.63) is 77.3 Å². The second kappa shape index (κ2) is 11.1. The van der Waals surface area contributed by atoms with Gasteiger partial charge in [-0.1, -0.05) is 85.6 Å². The standard InChI is InChI=1S/C28H28N4OS2/c1-19-16-24(22-10-6-3-7-11-22)30-27(29-19)35-18-26(33)32-28-31-25(17-34-28)23-14-12-21(13-15-23)20-8-4-2-5-9-20/h3,6-7,10-17,20H,2,4-5,8-9,18H2,1H3,(H,31,32,33). The van der Waals surface area contributed by atoms with E-state index in [1.807, 2.05) is 48.7 Å². The molecular weight excluding hydrogens is 472 g/mol. The van der Waals surface area contributed by atoms with Crippen LogP contribution >= 0.6 is 23.1 Å². The van der Waals surface area contributed by atoms with Gasteiger partial charge in [0.15, 0.2) is 10.3 Å². The molecule has 4 aromatic rings. The molecule has 1 aliphatic rings. The van der Waals surface area contributed by atoms with Crippen molar-refractivity contribution in [1.82, 2.24) is 15.0 Å². The fraction of sp³-hybridized carbons (Fsp3) is 0.286.